The molecule has 1 saturated heterocycles. The number of carbonyl (C=O) groups excluding carboxylic acids is 1. The Morgan fingerprint density at radius 1 is 1.38 bits per heavy atom. The van der Waals surface area contributed by atoms with E-state index in [1.54, 1.807) is 7.11 Å². The summed E-state index contributed by atoms with van der Waals surface area (Å²) >= 11 is 3.54. The summed E-state index contributed by atoms with van der Waals surface area (Å²) in [5, 5.41) is 3.32. The summed E-state index contributed by atoms with van der Waals surface area (Å²) in [6, 6.07) is 8.02. The molecule has 0 aromatic heterocycles. The van der Waals surface area contributed by atoms with E-state index >= 15 is 0 Å². The molecule has 1 aromatic carbocycles. The molecule has 0 saturated carbocycles. The van der Waals surface area contributed by atoms with Crippen molar-refractivity contribution in [2.24, 2.45) is 5.41 Å². The van der Waals surface area contributed by atoms with Crippen LogP contribution in [0.5, 0.6) is 0 Å². The van der Waals surface area contributed by atoms with Crippen LogP contribution in [0.15, 0.2) is 28.7 Å². The molecule has 1 fully saturated rings. The average Bonchev–Trinajstić information content (AvgIpc) is 2.50. The minimum Gasteiger partial charge on any atom is -0.384 e. The molecule has 0 bridgehead atoms. The molecule has 1 N–H and O–H groups in total. The Morgan fingerprint density at radius 2 is 2.05 bits per heavy atom. The van der Waals surface area contributed by atoms with Gasteiger partial charge in [-0.2, -0.15) is 0 Å². The second-order valence-corrected chi connectivity index (χ2v) is 6.57. The molecule has 2 rings (SSSR count). The van der Waals surface area contributed by atoms with Gasteiger partial charge >= 0.3 is 0 Å². The minimum atomic E-state index is -0.379. The Hall–Kier alpha value is -0.910. The van der Waals surface area contributed by atoms with Gasteiger partial charge in [0.15, 0.2) is 0 Å². The number of piperidine rings is 1. The fraction of sp³-hybridized carbons (Fsp3) is 0.562. The second kappa shape index (κ2) is 7.38. The summed E-state index contributed by atoms with van der Waals surface area (Å²) in [5.74, 6) is 0.182. The smallest absolute Gasteiger partial charge is 0.231 e. The normalized spacial score (nSPS) is 17.5. The highest BCUT2D eigenvalue weighted by molar-refractivity contribution is 9.10. The maximum absolute atomic E-state index is 12.9. The van der Waals surface area contributed by atoms with Crippen LogP contribution in [0.2, 0.25) is 0 Å². The van der Waals surface area contributed by atoms with Gasteiger partial charge in [0.25, 0.3) is 0 Å². The highest BCUT2D eigenvalue weighted by atomic mass is 79.9. The minimum absolute atomic E-state index is 0.182. The number of ether oxygens (including phenoxy) is 1. The van der Waals surface area contributed by atoms with Crippen molar-refractivity contribution >= 4 is 21.8 Å². The lowest BCUT2D eigenvalue weighted by Crippen LogP contribution is -2.50. The average molecular weight is 355 g/mol. The molecule has 1 heterocycles. The number of halogens is 1. The molecule has 21 heavy (non-hydrogen) atoms. The van der Waals surface area contributed by atoms with Crippen LogP contribution < -0.4 is 5.32 Å². The van der Waals surface area contributed by atoms with Crippen LogP contribution in [0.3, 0.4) is 0 Å². The molecule has 0 radical (unpaired) electrons. The summed E-state index contributed by atoms with van der Waals surface area (Å²) in [4.78, 5) is 14.8. The molecule has 116 valence electrons. The zero-order valence-electron chi connectivity index (χ0n) is 12.7. The number of hydrogen-bond acceptors (Lipinski definition) is 3. The first-order valence-electron chi connectivity index (χ1n) is 7.28. The Labute approximate surface area is 135 Å². The van der Waals surface area contributed by atoms with Crippen molar-refractivity contribution < 1.29 is 9.53 Å². The molecule has 1 aliphatic heterocycles. The van der Waals surface area contributed by atoms with Crippen LogP contribution in [0.25, 0.3) is 0 Å². The summed E-state index contributed by atoms with van der Waals surface area (Å²) in [6.07, 6.45) is 1.67. The third-order valence-electron chi connectivity index (χ3n) is 4.15. The molecular formula is C16H23BrN2O2. The highest BCUT2D eigenvalue weighted by Gasteiger charge is 2.41. The van der Waals surface area contributed by atoms with Crippen molar-refractivity contribution in [3.05, 3.63) is 34.3 Å². The van der Waals surface area contributed by atoms with E-state index in [-0.39, 0.29) is 11.3 Å². The van der Waals surface area contributed by atoms with E-state index in [1.165, 1.54) is 0 Å². The van der Waals surface area contributed by atoms with Gasteiger partial charge in [-0.05, 0) is 37.6 Å². The quantitative estimate of drug-likeness (QED) is 0.882. The summed E-state index contributed by atoms with van der Waals surface area (Å²) in [6.45, 7) is 2.85. The van der Waals surface area contributed by atoms with E-state index < -0.39 is 0 Å². The predicted octanol–water partition coefficient (Wildman–Crippen LogP) is 2.42. The fourth-order valence-electron chi connectivity index (χ4n) is 2.96. The number of amides is 1. The molecule has 0 spiro atoms. The molecule has 0 aliphatic carbocycles. The zero-order chi connectivity index (χ0) is 15.3. The van der Waals surface area contributed by atoms with Crippen molar-refractivity contribution in [2.75, 3.05) is 33.9 Å². The molecule has 5 heteroatoms. The number of benzene rings is 1. The van der Waals surface area contributed by atoms with E-state index in [2.05, 4.69) is 21.2 Å². The van der Waals surface area contributed by atoms with Crippen LogP contribution in [0, 0.1) is 5.41 Å². The lowest BCUT2D eigenvalue weighted by atomic mass is 9.78. The topological polar surface area (TPSA) is 41.6 Å². The summed E-state index contributed by atoms with van der Waals surface area (Å²) in [5.41, 5.74) is 0.741. The first-order chi connectivity index (χ1) is 10.1. The third kappa shape index (κ3) is 3.84. The molecule has 1 amide bonds. The molecule has 0 atom stereocenters. The van der Waals surface area contributed by atoms with Gasteiger partial charge in [0.2, 0.25) is 5.91 Å². The SMILES string of the molecule is COCC1(C(=O)N(C)Cc2ccccc2Br)CCNCC1. The number of carbonyl (C=O) groups is 1. The van der Waals surface area contributed by atoms with Gasteiger partial charge in [0.1, 0.15) is 0 Å². The van der Waals surface area contributed by atoms with Crippen molar-refractivity contribution in [1.82, 2.24) is 10.2 Å². The second-order valence-electron chi connectivity index (χ2n) is 5.72. The number of hydrogen-bond donors (Lipinski definition) is 1. The van der Waals surface area contributed by atoms with E-state index in [1.807, 2.05) is 36.2 Å². The van der Waals surface area contributed by atoms with Gasteiger partial charge in [-0.25, -0.2) is 0 Å². The summed E-state index contributed by atoms with van der Waals surface area (Å²) in [7, 11) is 3.55. The first kappa shape index (κ1) is 16.5. The maximum atomic E-state index is 12.9. The Morgan fingerprint density at radius 3 is 2.67 bits per heavy atom. The van der Waals surface area contributed by atoms with E-state index in [9.17, 15) is 4.79 Å². The number of nitrogens with zero attached hydrogens (tertiary/aromatic N) is 1. The zero-order valence-corrected chi connectivity index (χ0v) is 14.3. The van der Waals surface area contributed by atoms with Crippen LogP contribution in [-0.4, -0.2) is 44.7 Å². The standard InChI is InChI=1S/C16H23BrN2O2/c1-19(11-13-5-3-4-6-14(13)17)15(20)16(12-21-2)7-9-18-10-8-16/h3-6,18H,7-12H2,1-2H3. The molecular weight excluding hydrogens is 332 g/mol. The number of nitrogens with one attached hydrogen (secondary N) is 1. The van der Waals surface area contributed by atoms with Crippen LogP contribution in [0.4, 0.5) is 0 Å². The lowest BCUT2D eigenvalue weighted by Gasteiger charge is -2.38. The Bertz CT molecular complexity index is 481. The Balaban J connectivity index is 2.11. The monoisotopic (exact) mass is 354 g/mol. The molecule has 1 aliphatic rings. The predicted molar refractivity (Wildman–Crippen MR) is 87.0 cm³/mol. The fourth-order valence-corrected chi connectivity index (χ4v) is 3.37. The van der Waals surface area contributed by atoms with Crippen LogP contribution >= 0.6 is 15.9 Å². The first-order valence-corrected chi connectivity index (χ1v) is 8.07. The Kier molecular flexibility index (Phi) is 5.79. The van der Waals surface area contributed by atoms with Gasteiger partial charge in [-0.3, -0.25) is 4.79 Å². The van der Waals surface area contributed by atoms with E-state index in [0.717, 1.165) is 36.0 Å². The number of rotatable bonds is 5. The van der Waals surface area contributed by atoms with Crippen molar-refractivity contribution in [1.29, 1.82) is 0 Å². The largest absolute Gasteiger partial charge is 0.384 e. The molecule has 0 unspecified atom stereocenters. The summed E-state index contributed by atoms with van der Waals surface area (Å²) < 4.78 is 6.38. The van der Waals surface area contributed by atoms with Gasteiger partial charge in [0.05, 0.1) is 12.0 Å². The lowest BCUT2D eigenvalue weighted by molar-refractivity contribution is -0.146. The van der Waals surface area contributed by atoms with E-state index in [0.29, 0.717) is 13.2 Å². The van der Waals surface area contributed by atoms with Crippen molar-refractivity contribution in [2.45, 2.75) is 19.4 Å². The van der Waals surface area contributed by atoms with Crippen molar-refractivity contribution in [3.8, 4) is 0 Å². The highest BCUT2D eigenvalue weighted by Crippen LogP contribution is 2.32. The number of methoxy groups -OCH3 is 1. The third-order valence-corrected chi connectivity index (χ3v) is 4.92. The molecule has 1 aromatic rings. The molecule has 4 nitrogen and oxygen atoms in total. The van der Waals surface area contributed by atoms with E-state index in [4.69, 9.17) is 4.74 Å². The van der Waals surface area contributed by atoms with Crippen LogP contribution in [0.1, 0.15) is 18.4 Å². The van der Waals surface area contributed by atoms with Crippen molar-refractivity contribution in [3.63, 3.8) is 0 Å². The van der Waals surface area contributed by atoms with Crippen LogP contribution in [-0.2, 0) is 16.1 Å². The van der Waals surface area contributed by atoms with Gasteiger partial charge in [-0.15, -0.1) is 0 Å². The van der Waals surface area contributed by atoms with Gasteiger partial charge < -0.3 is 15.0 Å². The van der Waals surface area contributed by atoms with Gasteiger partial charge in [0, 0.05) is 25.2 Å². The van der Waals surface area contributed by atoms with Gasteiger partial charge in [-0.1, -0.05) is 34.1 Å². The maximum Gasteiger partial charge on any atom is 0.231 e.